The number of nitrogens with one attached hydrogen (secondary N) is 2. The normalized spacial score (nSPS) is 24.7. The Hall–Kier alpha value is -1.59. The third-order valence-corrected chi connectivity index (χ3v) is 5.77. The van der Waals surface area contributed by atoms with E-state index in [1.165, 1.54) is 12.8 Å². The van der Waals surface area contributed by atoms with Crippen LogP contribution in [0.3, 0.4) is 0 Å². The van der Waals surface area contributed by atoms with Gasteiger partial charge in [-0.1, -0.05) is 26.0 Å². The van der Waals surface area contributed by atoms with E-state index in [1.54, 1.807) is 0 Å². The van der Waals surface area contributed by atoms with E-state index in [1.807, 2.05) is 24.3 Å². The number of carbonyl (C=O) groups excluding carboxylic acids is 1. The second-order valence-corrected chi connectivity index (χ2v) is 7.60. The molecule has 26 heavy (non-hydrogen) atoms. The molecule has 1 amide bonds. The summed E-state index contributed by atoms with van der Waals surface area (Å²) in [7, 11) is 0. The predicted molar refractivity (Wildman–Crippen MR) is 106 cm³/mol. The Balaban J connectivity index is 1.50. The molecule has 2 fully saturated rings. The van der Waals surface area contributed by atoms with Gasteiger partial charge < -0.3 is 20.3 Å². The van der Waals surface area contributed by atoms with Gasteiger partial charge in [0.2, 0.25) is 5.91 Å². The van der Waals surface area contributed by atoms with Crippen LogP contribution in [0.4, 0.5) is 5.69 Å². The summed E-state index contributed by atoms with van der Waals surface area (Å²) >= 11 is 0. The molecule has 144 valence electrons. The van der Waals surface area contributed by atoms with Crippen LogP contribution in [0.1, 0.15) is 46.0 Å². The minimum atomic E-state index is 0.107. The van der Waals surface area contributed by atoms with Crippen molar-refractivity contribution in [3.05, 3.63) is 24.3 Å². The summed E-state index contributed by atoms with van der Waals surface area (Å²) in [5.41, 5.74) is 0.786. The Kier molecular flexibility index (Phi) is 6.92. The number of fused-ring (bicyclic) bond motifs is 2. The van der Waals surface area contributed by atoms with E-state index in [0.717, 1.165) is 43.9 Å². The van der Waals surface area contributed by atoms with E-state index in [0.29, 0.717) is 31.0 Å². The smallest absolute Gasteiger partial charge is 0.224 e. The van der Waals surface area contributed by atoms with Crippen LogP contribution in [0, 0.1) is 5.92 Å². The molecular formula is C21H33N3O2. The van der Waals surface area contributed by atoms with Crippen LogP contribution in [0.25, 0.3) is 0 Å². The fourth-order valence-electron chi connectivity index (χ4n) is 4.33. The topological polar surface area (TPSA) is 53.6 Å². The van der Waals surface area contributed by atoms with E-state index in [9.17, 15) is 4.79 Å². The highest BCUT2D eigenvalue weighted by Crippen LogP contribution is 2.33. The zero-order valence-corrected chi connectivity index (χ0v) is 16.2. The number of ether oxygens (including phenoxy) is 1. The Labute approximate surface area is 157 Å². The number of anilines is 1. The second-order valence-electron chi connectivity index (χ2n) is 7.60. The van der Waals surface area contributed by atoms with Crippen LogP contribution >= 0.6 is 0 Å². The molecule has 0 aromatic heterocycles. The van der Waals surface area contributed by atoms with Crippen LogP contribution < -0.4 is 15.4 Å². The van der Waals surface area contributed by atoms with Crippen molar-refractivity contribution in [2.45, 2.75) is 58.0 Å². The monoisotopic (exact) mass is 359 g/mol. The zero-order valence-electron chi connectivity index (χ0n) is 16.2. The summed E-state index contributed by atoms with van der Waals surface area (Å²) in [6.45, 7) is 7.89. The fraction of sp³-hybridized carbons (Fsp3) is 0.667. The summed E-state index contributed by atoms with van der Waals surface area (Å²) in [5, 5.41) is 6.71. The molecule has 3 rings (SSSR count). The van der Waals surface area contributed by atoms with E-state index in [4.69, 9.17) is 4.74 Å². The Morgan fingerprint density at radius 2 is 1.88 bits per heavy atom. The van der Waals surface area contributed by atoms with Crippen molar-refractivity contribution >= 4 is 11.6 Å². The first-order valence-electron chi connectivity index (χ1n) is 10.2. The average Bonchev–Trinajstić information content (AvgIpc) is 2.98. The predicted octanol–water partition coefficient (Wildman–Crippen LogP) is 3.27. The van der Waals surface area contributed by atoms with Gasteiger partial charge >= 0.3 is 0 Å². The number of likely N-dealkylation sites (N-methyl/N-ethyl adjacent to an activating group) is 1. The van der Waals surface area contributed by atoms with Crippen LogP contribution in [-0.4, -0.2) is 49.1 Å². The fourth-order valence-corrected chi connectivity index (χ4v) is 4.33. The van der Waals surface area contributed by atoms with Gasteiger partial charge in [0, 0.05) is 25.0 Å². The molecule has 2 aliphatic heterocycles. The minimum Gasteiger partial charge on any atom is -0.490 e. The Morgan fingerprint density at radius 1 is 1.19 bits per heavy atom. The SMILES string of the molecule is CCN(CC)CCOc1ccccc1NC(=O)CC1CC2CCC(C1)N2. The quantitative estimate of drug-likeness (QED) is 0.711. The number of carbonyl (C=O) groups is 1. The molecule has 0 radical (unpaired) electrons. The number of amides is 1. The summed E-state index contributed by atoms with van der Waals surface area (Å²) < 4.78 is 5.94. The molecule has 2 atom stereocenters. The molecule has 2 N–H and O–H groups in total. The maximum absolute atomic E-state index is 12.5. The van der Waals surface area contributed by atoms with Gasteiger partial charge in [-0.25, -0.2) is 0 Å². The van der Waals surface area contributed by atoms with Crippen molar-refractivity contribution in [2.75, 3.05) is 31.6 Å². The zero-order chi connectivity index (χ0) is 18.4. The lowest BCUT2D eigenvalue weighted by atomic mass is 9.89. The largest absolute Gasteiger partial charge is 0.490 e. The van der Waals surface area contributed by atoms with Gasteiger partial charge in [-0.05, 0) is 56.8 Å². The van der Waals surface area contributed by atoms with Crippen molar-refractivity contribution in [3.8, 4) is 5.75 Å². The van der Waals surface area contributed by atoms with Gasteiger partial charge in [0.15, 0.2) is 0 Å². The van der Waals surface area contributed by atoms with Crippen molar-refractivity contribution in [1.82, 2.24) is 10.2 Å². The molecular weight excluding hydrogens is 326 g/mol. The highest BCUT2D eigenvalue weighted by atomic mass is 16.5. The summed E-state index contributed by atoms with van der Waals surface area (Å²) in [6.07, 6.45) is 5.42. The van der Waals surface area contributed by atoms with Crippen LogP contribution in [0.15, 0.2) is 24.3 Å². The van der Waals surface area contributed by atoms with E-state index < -0.39 is 0 Å². The maximum atomic E-state index is 12.5. The van der Waals surface area contributed by atoms with Gasteiger partial charge in [0.05, 0.1) is 5.69 Å². The number of nitrogens with zero attached hydrogens (tertiary/aromatic N) is 1. The van der Waals surface area contributed by atoms with E-state index in [2.05, 4.69) is 29.4 Å². The average molecular weight is 360 g/mol. The van der Waals surface area contributed by atoms with Crippen LogP contribution in [0.5, 0.6) is 5.75 Å². The van der Waals surface area contributed by atoms with Crippen molar-refractivity contribution in [1.29, 1.82) is 0 Å². The Morgan fingerprint density at radius 3 is 2.58 bits per heavy atom. The standard InChI is InChI=1S/C21H33N3O2/c1-3-24(4-2)11-12-26-20-8-6-5-7-19(20)23-21(25)15-16-13-17-9-10-18(14-16)22-17/h5-8,16-18,22H,3-4,9-15H2,1-2H3,(H,23,25). The third kappa shape index (κ3) is 5.21. The molecule has 5 nitrogen and oxygen atoms in total. The van der Waals surface area contributed by atoms with Crippen molar-refractivity contribution in [3.63, 3.8) is 0 Å². The van der Waals surface area contributed by atoms with E-state index in [-0.39, 0.29) is 5.91 Å². The number of rotatable bonds is 9. The number of para-hydroxylation sites is 2. The molecule has 1 aromatic rings. The van der Waals surface area contributed by atoms with E-state index >= 15 is 0 Å². The molecule has 0 saturated carbocycles. The van der Waals surface area contributed by atoms with Gasteiger partial charge in [-0.2, -0.15) is 0 Å². The lowest BCUT2D eigenvalue weighted by Gasteiger charge is -2.28. The molecule has 0 aliphatic carbocycles. The summed E-state index contributed by atoms with van der Waals surface area (Å²) in [5.74, 6) is 1.37. The lowest BCUT2D eigenvalue weighted by Crippen LogP contribution is -2.39. The second kappa shape index (κ2) is 9.38. The number of benzene rings is 1. The molecule has 5 heteroatoms. The third-order valence-electron chi connectivity index (χ3n) is 5.77. The first-order valence-corrected chi connectivity index (χ1v) is 10.2. The summed E-state index contributed by atoms with van der Waals surface area (Å²) in [4.78, 5) is 14.9. The van der Waals surface area contributed by atoms with Gasteiger partial charge in [-0.15, -0.1) is 0 Å². The highest BCUT2D eigenvalue weighted by Gasteiger charge is 2.34. The molecule has 2 unspecified atom stereocenters. The van der Waals surface area contributed by atoms with Gasteiger partial charge in [0.1, 0.15) is 12.4 Å². The van der Waals surface area contributed by atoms with Crippen LogP contribution in [-0.2, 0) is 4.79 Å². The first kappa shape index (κ1) is 19.2. The Bertz CT molecular complexity index is 576. The van der Waals surface area contributed by atoms with Crippen LogP contribution in [0.2, 0.25) is 0 Å². The lowest BCUT2D eigenvalue weighted by molar-refractivity contribution is -0.117. The molecule has 2 heterocycles. The van der Waals surface area contributed by atoms with Gasteiger partial charge in [0.25, 0.3) is 0 Å². The molecule has 0 spiro atoms. The molecule has 1 aromatic carbocycles. The summed E-state index contributed by atoms with van der Waals surface area (Å²) in [6, 6.07) is 9.01. The maximum Gasteiger partial charge on any atom is 0.224 e. The number of piperidine rings is 1. The number of hydrogen-bond acceptors (Lipinski definition) is 4. The molecule has 2 saturated heterocycles. The molecule has 2 bridgehead atoms. The highest BCUT2D eigenvalue weighted by molar-refractivity contribution is 5.92. The van der Waals surface area contributed by atoms with Gasteiger partial charge in [-0.3, -0.25) is 4.79 Å². The van der Waals surface area contributed by atoms with Crippen molar-refractivity contribution < 1.29 is 9.53 Å². The minimum absolute atomic E-state index is 0.107. The molecule has 2 aliphatic rings. The van der Waals surface area contributed by atoms with Crippen molar-refractivity contribution in [2.24, 2.45) is 5.92 Å². The first-order chi connectivity index (χ1) is 12.7. The number of hydrogen-bond donors (Lipinski definition) is 2.